The molecule has 2 fully saturated rings. The van der Waals surface area contributed by atoms with Crippen LogP contribution in [0.5, 0.6) is 0 Å². The van der Waals surface area contributed by atoms with Gasteiger partial charge in [0.1, 0.15) is 5.76 Å². The van der Waals surface area contributed by atoms with Gasteiger partial charge in [0.25, 0.3) is 0 Å². The largest absolute Gasteiger partial charge is 0.468 e. The van der Waals surface area contributed by atoms with Crippen molar-refractivity contribution in [1.29, 1.82) is 0 Å². The number of aliphatic hydroxyl groups excluding tert-OH is 1. The molecule has 0 radical (unpaired) electrons. The van der Waals surface area contributed by atoms with Gasteiger partial charge < -0.3 is 14.8 Å². The fourth-order valence-corrected chi connectivity index (χ4v) is 4.06. The monoisotopic (exact) mass is 341 g/mol. The third-order valence-electron chi connectivity index (χ3n) is 5.59. The van der Waals surface area contributed by atoms with Crippen LogP contribution in [0.1, 0.15) is 43.2 Å². The zero-order valence-electron chi connectivity index (χ0n) is 14.6. The SMILES string of the molecule is OC1CC([C@@H](NC2CCN(Cc3ccco3)CC2)c2ccccn2)C1. The molecule has 1 saturated carbocycles. The highest BCUT2D eigenvalue weighted by atomic mass is 16.3. The Bertz CT molecular complexity index is 632. The van der Waals surface area contributed by atoms with E-state index in [4.69, 9.17) is 4.42 Å². The Morgan fingerprint density at radius 3 is 2.68 bits per heavy atom. The van der Waals surface area contributed by atoms with Crippen molar-refractivity contribution in [2.75, 3.05) is 13.1 Å². The van der Waals surface area contributed by atoms with Crippen molar-refractivity contribution in [2.24, 2.45) is 5.92 Å². The number of pyridine rings is 1. The van der Waals surface area contributed by atoms with Crippen LogP contribution in [0.25, 0.3) is 0 Å². The van der Waals surface area contributed by atoms with E-state index in [-0.39, 0.29) is 12.1 Å². The summed E-state index contributed by atoms with van der Waals surface area (Å²) in [5, 5.41) is 13.6. The first-order valence-corrected chi connectivity index (χ1v) is 9.37. The first kappa shape index (κ1) is 16.8. The molecule has 2 aromatic rings. The van der Waals surface area contributed by atoms with Crippen molar-refractivity contribution in [2.45, 2.75) is 50.4 Å². The molecule has 1 atom stereocenters. The minimum atomic E-state index is -0.131. The molecule has 25 heavy (non-hydrogen) atoms. The molecule has 0 unspecified atom stereocenters. The summed E-state index contributed by atoms with van der Waals surface area (Å²) in [6, 6.07) is 10.9. The number of hydrogen-bond acceptors (Lipinski definition) is 5. The van der Waals surface area contributed by atoms with Gasteiger partial charge in [0.2, 0.25) is 0 Å². The summed E-state index contributed by atoms with van der Waals surface area (Å²) in [6.45, 7) is 3.07. The van der Waals surface area contributed by atoms with Gasteiger partial charge in [-0.2, -0.15) is 0 Å². The van der Waals surface area contributed by atoms with Crippen molar-refractivity contribution in [3.63, 3.8) is 0 Å². The zero-order chi connectivity index (χ0) is 17.1. The molecule has 2 N–H and O–H groups in total. The Labute approximate surface area is 149 Å². The van der Waals surface area contributed by atoms with Gasteiger partial charge in [-0.05, 0) is 55.9 Å². The van der Waals surface area contributed by atoms with Gasteiger partial charge in [-0.15, -0.1) is 0 Å². The first-order chi connectivity index (χ1) is 12.3. The van der Waals surface area contributed by atoms with Gasteiger partial charge in [0.05, 0.1) is 30.6 Å². The number of nitrogens with one attached hydrogen (secondary N) is 1. The van der Waals surface area contributed by atoms with Crippen LogP contribution in [0.3, 0.4) is 0 Å². The van der Waals surface area contributed by atoms with Crippen LogP contribution in [0.4, 0.5) is 0 Å². The number of furan rings is 1. The van der Waals surface area contributed by atoms with E-state index in [0.29, 0.717) is 12.0 Å². The van der Waals surface area contributed by atoms with E-state index in [9.17, 15) is 5.11 Å². The lowest BCUT2D eigenvalue weighted by Crippen LogP contribution is -2.47. The van der Waals surface area contributed by atoms with Crippen molar-refractivity contribution in [3.8, 4) is 0 Å². The standard InChI is InChI=1S/C20H27N3O2/c24-17-12-15(13-17)20(19-5-1-2-8-21-19)22-16-6-9-23(10-7-16)14-18-4-3-11-25-18/h1-5,8,11,15-17,20,22,24H,6-7,9-10,12-14H2/t15?,17?,20-/m1/s1. The molecule has 0 aromatic carbocycles. The highest BCUT2D eigenvalue weighted by Crippen LogP contribution is 2.38. The summed E-state index contributed by atoms with van der Waals surface area (Å²) in [6.07, 6.45) is 7.52. The van der Waals surface area contributed by atoms with Gasteiger partial charge in [-0.25, -0.2) is 0 Å². The van der Waals surface area contributed by atoms with Crippen molar-refractivity contribution in [1.82, 2.24) is 15.2 Å². The highest BCUT2D eigenvalue weighted by molar-refractivity contribution is 5.12. The number of nitrogens with zero attached hydrogens (tertiary/aromatic N) is 2. The van der Waals surface area contributed by atoms with Gasteiger partial charge in [0.15, 0.2) is 0 Å². The molecule has 4 rings (SSSR count). The van der Waals surface area contributed by atoms with Crippen LogP contribution in [0, 0.1) is 5.92 Å². The second-order valence-electron chi connectivity index (χ2n) is 7.41. The molecular weight excluding hydrogens is 314 g/mol. The smallest absolute Gasteiger partial charge is 0.117 e. The van der Waals surface area contributed by atoms with Crippen LogP contribution in [0.15, 0.2) is 47.2 Å². The number of rotatable bonds is 6. The molecule has 5 heteroatoms. The van der Waals surface area contributed by atoms with Crippen molar-refractivity contribution in [3.05, 3.63) is 54.2 Å². The van der Waals surface area contributed by atoms with E-state index in [1.807, 2.05) is 24.4 Å². The Hall–Kier alpha value is -1.69. The lowest BCUT2D eigenvalue weighted by molar-refractivity contribution is 0.0187. The van der Waals surface area contributed by atoms with Crippen LogP contribution in [-0.4, -0.2) is 40.2 Å². The third kappa shape index (κ3) is 4.11. The predicted octanol–water partition coefficient (Wildman–Crippen LogP) is 2.74. The number of hydrogen-bond donors (Lipinski definition) is 2. The number of piperidine rings is 1. The van der Waals surface area contributed by atoms with Crippen LogP contribution in [-0.2, 0) is 6.54 Å². The van der Waals surface area contributed by atoms with E-state index in [0.717, 1.165) is 56.8 Å². The average Bonchev–Trinajstić information content (AvgIpc) is 3.12. The van der Waals surface area contributed by atoms with Crippen LogP contribution < -0.4 is 5.32 Å². The van der Waals surface area contributed by atoms with Crippen LogP contribution >= 0.6 is 0 Å². The fourth-order valence-electron chi connectivity index (χ4n) is 4.06. The van der Waals surface area contributed by atoms with Gasteiger partial charge in [-0.1, -0.05) is 6.07 Å². The molecule has 2 aliphatic rings. The summed E-state index contributed by atoms with van der Waals surface area (Å²) in [5.74, 6) is 1.53. The van der Waals surface area contributed by atoms with Gasteiger partial charge in [0, 0.05) is 25.3 Å². The first-order valence-electron chi connectivity index (χ1n) is 9.37. The third-order valence-corrected chi connectivity index (χ3v) is 5.59. The molecule has 2 aromatic heterocycles. The summed E-state index contributed by atoms with van der Waals surface area (Å²) in [5.41, 5.74) is 1.11. The number of aromatic nitrogens is 1. The van der Waals surface area contributed by atoms with E-state index in [1.54, 1.807) is 6.26 Å². The molecular formula is C20H27N3O2. The normalized spacial score (nSPS) is 26.3. The lowest BCUT2D eigenvalue weighted by Gasteiger charge is -2.41. The van der Waals surface area contributed by atoms with E-state index in [2.05, 4.69) is 27.3 Å². The molecule has 0 amide bonds. The van der Waals surface area contributed by atoms with Gasteiger partial charge in [-0.3, -0.25) is 9.88 Å². The summed E-state index contributed by atoms with van der Waals surface area (Å²) in [7, 11) is 0. The van der Waals surface area contributed by atoms with Crippen LogP contribution in [0.2, 0.25) is 0 Å². The average molecular weight is 341 g/mol. The minimum Gasteiger partial charge on any atom is -0.468 e. The zero-order valence-corrected chi connectivity index (χ0v) is 14.6. The Morgan fingerprint density at radius 2 is 2.04 bits per heavy atom. The van der Waals surface area contributed by atoms with Crippen molar-refractivity contribution < 1.29 is 9.52 Å². The summed E-state index contributed by atoms with van der Waals surface area (Å²) >= 11 is 0. The topological polar surface area (TPSA) is 61.5 Å². The maximum Gasteiger partial charge on any atom is 0.117 e. The quantitative estimate of drug-likeness (QED) is 0.846. The predicted molar refractivity (Wildman–Crippen MR) is 95.9 cm³/mol. The Morgan fingerprint density at radius 1 is 1.20 bits per heavy atom. The maximum absolute atomic E-state index is 9.71. The van der Waals surface area contributed by atoms with E-state index >= 15 is 0 Å². The molecule has 0 spiro atoms. The molecule has 1 saturated heterocycles. The Kier molecular flexibility index (Phi) is 5.15. The molecule has 3 heterocycles. The maximum atomic E-state index is 9.71. The van der Waals surface area contributed by atoms with E-state index in [1.165, 1.54) is 0 Å². The van der Waals surface area contributed by atoms with E-state index < -0.39 is 0 Å². The Balaban J connectivity index is 1.33. The lowest BCUT2D eigenvalue weighted by atomic mass is 9.75. The second-order valence-corrected chi connectivity index (χ2v) is 7.41. The fraction of sp³-hybridized carbons (Fsp3) is 0.550. The number of aliphatic hydroxyl groups is 1. The summed E-state index contributed by atoms with van der Waals surface area (Å²) < 4.78 is 5.46. The molecule has 0 bridgehead atoms. The molecule has 1 aliphatic heterocycles. The molecule has 134 valence electrons. The van der Waals surface area contributed by atoms with Crippen molar-refractivity contribution >= 4 is 0 Å². The summed E-state index contributed by atoms with van der Waals surface area (Å²) in [4.78, 5) is 7.03. The highest BCUT2D eigenvalue weighted by Gasteiger charge is 2.36. The molecule has 5 nitrogen and oxygen atoms in total. The van der Waals surface area contributed by atoms with Gasteiger partial charge >= 0.3 is 0 Å². The second kappa shape index (κ2) is 7.68. The number of likely N-dealkylation sites (tertiary alicyclic amines) is 1. The minimum absolute atomic E-state index is 0.131. The molecule has 1 aliphatic carbocycles.